The van der Waals surface area contributed by atoms with Crippen molar-refractivity contribution >= 4 is 6.29 Å². The topological polar surface area (TPSA) is 44.1 Å². The maximum absolute atomic E-state index is 13.2. The third-order valence-corrected chi connectivity index (χ3v) is 3.41. The monoisotopic (exact) mass is 246 g/mol. The molecule has 1 heterocycles. The predicted octanol–water partition coefficient (Wildman–Crippen LogP) is 2.11. The largest absolute Gasteiger partial charge is 0.303 e. The Morgan fingerprint density at radius 3 is 2.78 bits per heavy atom. The van der Waals surface area contributed by atoms with Gasteiger partial charge in [0, 0.05) is 12.5 Å². The van der Waals surface area contributed by atoms with Crippen LogP contribution in [0.15, 0.2) is 18.2 Å². The lowest BCUT2D eigenvalue weighted by Crippen LogP contribution is -2.33. The average molecular weight is 246 g/mol. The molecule has 0 radical (unpaired) electrons. The molecule has 0 atom stereocenters. The lowest BCUT2D eigenvalue weighted by atomic mass is 9.97. The molecule has 1 aromatic rings. The van der Waals surface area contributed by atoms with Crippen LogP contribution < -0.4 is 0 Å². The Hall–Kier alpha value is -1.73. The first kappa shape index (κ1) is 12.7. The van der Waals surface area contributed by atoms with Crippen molar-refractivity contribution in [1.29, 1.82) is 5.26 Å². The SMILES string of the molecule is N#Cc1ccc(F)cc1CN1CCC(C=O)CC1. The summed E-state index contributed by atoms with van der Waals surface area (Å²) in [5, 5.41) is 8.98. The highest BCUT2D eigenvalue weighted by Gasteiger charge is 2.19. The van der Waals surface area contributed by atoms with Crippen LogP contribution in [0.5, 0.6) is 0 Å². The second kappa shape index (κ2) is 5.74. The molecule has 94 valence electrons. The zero-order chi connectivity index (χ0) is 13.0. The van der Waals surface area contributed by atoms with E-state index in [1.54, 1.807) is 0 Å². The van der Waals surface area contributed by atoms with E-state index in [0.29, 0.717) is 12.1 Å². The summed E-state index contributed by atoms with van der Waals surface area (Å²) in [6.45, 7) is 2.22. The molecule has 0 aromatic heterocycles. The van der Waals surface area contributed by atoms with Crippen LogP contribution in [-0.4, -0.2) is 24.3 Å². The molecule has 0 unspecified atom stereocenters. The normalized spacial score (nSPS) is 17.3. The molecule has 1 aliphatic rings. The Morgan fingerprint density at radius 2 is 2.17 bits per heavy atom. The number of carbonyl (C=O) groups is 1. The molecule has 0 N–H and O–H groups in total. The Bertz CT molecular complexity index is 473. The van der Waals surface area contributed by atoms with Crippen LogP contribution >= 0.6 is 0 Å². The van der Waals surface area contributed by atoms with Gasteiger partial charge in [-0.1, -0.05) is 0 Å². The number of hydrogen-bond acceptors (Lipinski definition) is 3. The minimum absolute atomic E-state index is 0.157. The summed E-state index contributed by atoms with van der Waals surface area (Å²) < 4.78 is 13.2. The van der Waals surface area contributed by atoms with Crippen molar-refractivity contribution in [1.82, 2.24) is 4.90 Å². The first-order valence-corrected chi connectivity index (χ1v) is 6.09. The maximum atomic E-state index is 13.2. The van der Waals surface area contributed by atoms with E-state index in [0.717, 1.165) is 37.8 Å². The molecular weight excluding hydrogens is 231 g/mol. The predicted molar refractivity (Wildman–Crippen MR) is 65.2 cm³/mol. The van der Waals surface area contributed by atoms with Crippen LogP contribution in [0.3, 0.4) is 0 Å². The summed E-state index contributed by atoms with van der Waals surface area (Å²) in [4.78, 5) is 12.8. The van der Waals surface area contributed by atoms with Crippen molar-refractivity contribution < 1.29 is 9.18 Å². The van der Waals surface area contributed by atoms with Crippen LogP contribution in [0.2, 0.25) is 0 Å². The van der Waals surface area contributed by atoms with Gasteiger partial charge in [-0.3, -0.25) is 4.90 Å². The summed E-state index contributed by atoms with van der Waals surface area (Å²) >= 11 is 0. The lowest BCUT2D eigenvalue weighted by Gasteiger charge is -2.29. The third kappa shape index (κ3) is 2.93. The van der Waals surface area contributed by atoms with Crippen molar-refractivity contribution in [3.63, 3.8) is 0 Å². The fourth-order valence-electron chi connectivity index (χ4n) is 2.29. The summed E-state index contributed by atoms with van der Waals surface area (Å²) in [7, 11) is 0. The van der Waals surface area contributed by atoms with Crippen LogP contribution in [0, 0.1) is 23.1 Å². The summed E-state index contributed by atoms with van der Waals surface area (Å²) in [5.41, 5.74) is 1.25. The molecule has 1 aromatic carbocycles. The number of nitrogens with zero attached hydrogens (tertiary/aromatic N) is 2. The van der Waals surface area contributed by atoms with E-state index >= 15 is 0 Å². The standard InChI is InChI=1S/C14H15FN2O/c15-14-2-1-12(8-16)13(7-14)9-17-5-3-11(10-18)4-6-17/h1-2,7,10-11H,3-6,9H2. The highest BCUT2D eigenvalue weighted by Crippen LogP contribution is 2.19. The van der Waals surface area contributed by atoms with Crippen LogP contribution in [0.4, 0.5) is 4.39 Å². The number of rotatable bonds is 3. The van der Waals surface area contributed by atoms with Gasteiger partial charge < -0.3 is 4.79 Å². The van der Waals surface area contributed by atoms with E-state index in [2.05, 4.69) is 11.0 Å². The quantitative estimate of drug-likeness (QED) is 0.767. The summed E-state index contributed by atoms with van der Waals surface area (Å²) in [6, 6.07) is 6.33. The van der Waals surface area contributed by atoms with Crippen LogP contribution in [-0.2, 0) is 11.3 Å². The molecule has 0 spiro atoms. The summed E-state index contributed by atoms with van der Waals surface area (Å²) in [5.74, 6) is -0.157. The van der Waals surface area contributed by atoms with Gasteiger partial charge in [-0.05, 0) is 49.7 Å². The number of nitriles is 1. The van der Waals surface area contributed by atoms with Gasteiger partial charge in [0.25, 0.3) is 0 Å². The fourth-order valence-corrected chi connectivity index (χ4v) is 2.29. The molecule has 0 bridgehead atoms. The van der Waals surface area contributed by atoms with E-state index < -0.39 is 0 Å². The smallest absolute Gasteiger partial charge is 0.123 e. The first-order chi connectivity index (χ1) is 8.72. The second-order valence-electron chi connectivity index (χ2n) is 4.66. The van der Waals surface area contributed by atoms with Gasteiger partial charge in [0.05, 0.1) is 11.6 Å². The van der Waals surface area contributed by atoms with Crippen LogP contribution in [0.25, 0.3) is 0 Å². The number of aldehydes is 1. The van der Waals surface area contributed by atoms with Crippen molar-refractivity contribution in [2.45, 2.75) is 19.4 Å². The molecule has 1 saturated heterocycles. The zero-order valence-electron chi connectivity index (χ0n) is 10.1. The van der Waals surface area contributed by atoms with Crippen LogP contribution in [0.1, 0.15) is 24.0 Å². The minimum atomic E-state index is -0.313. The zero-order valence-corrected chi connectivity index (χ0v) is 10.1. The van der Waals surface area contributed by atoms with Gasteiger partial charge in [-0.2, -0.15) is 5.26 Å². The fraction of sp³-hybridized carbons (Fsp3) is 0.429. The van der Waals surface area contributed by atoms with Gasteiger partial charge in [0.1, 0.15) is 12.1 Å². The molecule has 18 heavy (non-hydrogen) atoms. The molecular formula is C14H15FN2O. The van der Waals surface area contributed by atoms with Crippen molar-refractivity contribution in [3.8, 4) is 6.07 Å². The number of carbonyl (C=O) groups excluding carboxylic acids is 1. The second-order valence-corrected chi connectivity index (χ2v) is 4.66. The van der Waals surface area contributed by atoms with E-state index in [4.69, 9.17) is 5.26 Å². The molecule has 0 aliphatic carbocycles. The Balaban J connectivity index is 2.04. The Labute approximate surface area is 106 Å². The lowest BCUT2D eigenvalue weighted by molar-refractivity contribution is -0.112. The highest BCUT2D eigenvalue weighted by atomic mass is 19.1. The number of likely N-dealkylation sites (tertiary alicyclic amines) is 1. The van der Waals surface area contributed by atoms with Gasteiger partial charge in [-0.25, -0.2) is 4.39 Å². The molecule has 0 amide bonds. The molecule has 4 heteroatoms. The number of halogens is 1. The van der Waals surface area contributed by atoms with E-state index in [9.17, 15) is 9.18 Å². The molecule has 3 nitrogen and oxygen atoms in total. The average Bonchev–Trinajstić information content (AvgIpc) is 2.40. The van der Waals surface area contributed by atoms with Gasteiger partial charge in [-0.15, -0.1) is 0 Å². The molecule has 1 fully saturated rings. The highest BCUT2D eigenvalue weighted by molar-refractivity contribution is 5.53. The van der Waals surface area contributed by atoms with Gasteiger partial charge in [0.2, 0.25) is 0 Å². The van der Waals surface area contributed by atoms with Gasteiger partial charge >= 0.3 is 0 Å². The van der Waals surface area contributed by atoms with Crippen molar-refractivity contribution in [3.05, 3.63) is 35.1 Å². The minimum Gasteiger partial charge on any atom is -0.303 e. The number of piperidine rings is 1. The molecule has 2 rings (SSSR count). The van der Waals surface area contributed by atoms with Crippen molar-refractivity contribution in [2.75, 3.05) is 13.1 Å². The number of hydrogen-bond donors (Lipinski definition) is 0. The van der Waals surface area contributed by atoms with E-state index in [1.165, 1.54) is 18.2 Å². The van der Waals surface area contributed by atoms with Gasteiger partial charge in [0.15, 0.2) is 0 Å². The Morgan fingerprint density at radius 1 is 1.44 bits per heavy atom. The van der Waals surface area contributed by atoms with Crippen molar-refractivity contribution in [2.24, 2.45) is 5.92 Å². The molecule has 0 saturated carbocycles. The maximum Gasteiger partial charge on any atom is 0.123 e. The van der Waals surface area contributed by atoms with E-state index in [-0.39, 0.29) is 11.7 Å². The van der Waals surface area contributed by atoms with E-state index in [1.807, 2.05) is 0 Å². The summed E-state index contributed by atoms with van der Waals surface area (Å²) in [6.07, 6.45) is 2.71. The third-order valence-electron chi connectivity index (χ3n) is 3.41. The Kier molecular flexibility index (Phi) is 4.06. The molecule has 1 aliphatic heterocycles. The first-order valence-electron chi connectivity index (χ1n) is 6.09. The number of benzene rings is 1.